The maximum atomic E-state index is 6.46. The zero-order chi connectivity index (χ0) is 17.9. The number of nitrogens with one attached hydrogen (secondary N) is 1. The van der Waals surface area contributed by atoms with Crippen LogP contribution in [-0.4, -0.2) is 23.2 Å². The molecule has 0 aliphatic carbocycles. The van der Waals surface area contributed by atoms with Crippen LogP contribution in [0.5, 0.6) is 0 Å². The highest BCUT2D eigenvalue weighted by Gasteiger charge is 2.31. The van der Waals surface area contributed by atoms with Crippen molar-refractivity contribution in [3.8, 4) is 0 Å². The molecule has 0 fully saturated rings. The van der Waals surface area contributed by atoms with E-state index in [4.69, 9.17) is 7.98 Å². The van der Waals surface area contributed by atoms with Gasteiger partial charge in [-0.1, -0.05) is 29.3 Å². The lowest BCUT2D eigenvalue weighted by Crippen LogP contribution is -2.08. The van der Waals surface area contributed by atoms with Gasteiger partial charge in [-0.25, -0.2) is 0 Å². The van der Waals surface area contributed by atoms with E-state index in [0.29, 0.717) is 0 Å². The highest BCUT2D eigenvalue weighted by molar-refractivity contribution is 6.16. The van der Waals surface area contributed by atoms with E-state index in [-0.39, 0.29) is 0 Å². The monoisotopic (exact) mass is 325 g/mol. The maximum Gasteiger partial charge on any atom is 0.587 e. The van der Waals surface area contributed by atoms with E-state index < -0.39 is 0 Å². The summed E-state index contributed by atoms with van der Waals surface area (Å²) in [5, 5.41) is 2.53. The minimum atomic E-state index is 1.08. The molecule has 0 atom stereocenters. The molecular formula is C22H22BN2+. The van der Waals surface area contributed by atoms with Gasteiger partial charge in [0.25, 0.3) is 0 Å². The number of benzene rings is 2. The zero-order valence-corrected chi connectivity index (χ0v) is 15.5. The summed E-state index contributed by atoms with van der Waals surface area (Å²) in [6.45, 7) is 10.6. The minimum absolute atomic E-state index is 1.08. The number of rotatable bonds is 1. The third kappa shape index (κ3) is 2.30. The molecule has 0 saturated heterocycles. The van der Waals surface area contributed by atoms with Crippen LogP contribution >= 0.6 is 0 Å². The fourth-order valence-electron chi connectivity index (χ4n) is 3.90. The topological polar surface area (TPSA) is 18.8 Å². The van der Waals surface area contributed by atoms with Crippen molar-refractivity contribution in [3.05, 3.63) is 70.0 Å². The Morgan fingerprint density at radius 2 is 1.56 bits per heavy atom. The molecular weight excluding hydrogens is 303 g/mol. The van der Waals surface area contributed by atoms with Crippen molar-refractivity contribution in [2.24, 2.45) is 0 Å². The summed E-state index contributed by atoms with van der Waals surface area (Å²) in [5.41, 5.74) is 10.6. The van der Waals surface area contributed by atoms with Crippen LogP contribution in [0.1, 0.15) is 47.5 Å². The van der Waals surface area contributed by atoms with E-state index in [1.54, 1.807) is 0 Å². The van der Waals surface area contributed by atoms with Crippen molar-refractivity contribution in [2.75, 3.05) is 0 Å². The highest BCUT2D eigenvalue weighted by atomic mass is 15.0. The molecule has 0 amide bonds. The Hall–Kier alpha value is -2.55. The standard InChI is InChI=1S/C22H22BN2/c1-12-6-8-17-19(10-12)15(4)24-21(17)14(3)22-18-9-7-13(2)11-20(18)16(5)25(22)23/h6-11,24H,1-5H3/q+1. The second kappa shape index (κ2) is 5.49. The Bertz CT molecular complexity index is 1100. The van der Waals surface area contributed by atoms with Crippen LogP contribution in [0.3, 0.4) is 0 Å². The lowest BCUT2D eigenvalue weighted by Gasteiger charge is -2.06. The van der Waals surface area contributed by atoms with Crippen LogP contribution in [0.2, 0.25) is 0 Å². The summed E-state index contributed by atoms with van der Waals surface area (Å²) in [4.78, 5) is 3.58. The lowest BCUT2D eigenvalue weighted by molar-refractivity contribution is -0.251. The van der Waals surface area contributed by atoms with Crippen LogP contribution in [0, 0.1) is 20.8 Å². The molecule has 2 radical (unpaired) electrons. The molecule has 4 rings (SSSR count). The molecule has 0 saturated carbocycles. The molecule has 25 heavy (non-hydrogen) atoms. The molecule has 3 aromatic rings. The molecule has 0 bridgehead atoms. The number of aromatic nitrogens is 1. The van der Waals surface area contributed by atoms with Crippen molar-refractivity contribution < 1.29 is 4.49 Å². The SMILES string of the molecule is [B][N+]1=C(C)c2cc(C)ccc2/C1=C(\C)c1[nH]c(C)c2cc(C)ccc12. The van der Waals surface area contributed by atoms with Gasteiger partial charge < -0.3 is 4.98 Å². The average Bonchev–Trinajstić information content (AvgIpc) is 3.03. The fraction of sp³-hybridized carbons (Fsp3) is 0.227. The molecule has 2 nitrogen and oxygen atoms in total. The van der Waals surface area contributed by atoms with E-state index in [9.17, 15) is 0 Å². The third-order valence-corrected chi connectivity index (χ3v) is 5.31. The fourth-order valence-corrected chi connectivity index (χ4v) is 3.90. The Kier molecular flexibility index (Phi) is 3.50. The van der Waals surface area contributed by atoms with Gasteiger partial charge in [-0.05, 0) is 45.9 Å². The highest BCUT2D eigenvalue weighted by Crippen LogP contribution is 2.37. The van der Waals surface area contributed by atoms with Gasteiger partial charge in [0.15, 0.2) is 11.4 Å². The first kappa shape index (κ1) is 16.0. The molecule has 2 aromatic carbocycles. The van der Waals surface area contributed by atoms with E-state index >= 15 is 0 Å². The maximum absolute atomic E-state index is 6.46. The largest absolute Gasteiger partial charge is 0.587 e. The molecule has 1 N–H and O–H groups in total. The number of fused-ring (bicyclic) bond motifs is 2. The smallest absolute Gasteiger partial charge is 0.358 e. The number of nitrogens with zero attached hydrogens (tertiary/aromatic N) is 1. The Labute approximate surface area is 150 Å². The molecule has 3 heteroatoms. The number of H-pyrrole nitrogens is 1. The molecule has 122 valence electrons. The number of aromatic amines is 1. The first-order valence-corrected chi connectivity index (χ1v) is 8.68. The van der Waals surface area contributed by atoms with E-state index in [0.717, 1.165) is 17.1 Å². The first-order valence-electron chi connectivity index (χ1n) is 8.68. The molecule has 1 aromatic heterocycles. The van der Waals surface area contributed by atoms with Crippen LogP contribution < -0.4 is 0 Å². The van der Waals surface area contributed by atoms with Crippen molar-refractivity contribution in [2.45, 2.75) is 34.6 Å². The minimum Gasteiger partial charge on any atom is -0.358 e. The summed E-state index contributed by atoms with van der Waals surface area (Å²) < 4.78 is 1.83. The van der Waals surface area contributed by atoms with Crippen LogP contribution in [0.4, 0.5) is 0 Å². The average molecular weight is 325 g/mol. The third-order valence-electron chi connectivity index (χ3n) is 5.31. The number of hydrogen-bond donors (Lipinski definition) is 1. The molecule has 0 unspecified atom stereocenters. The predicted molar refractivity (Wildman–Crippen MR) is 107 cm³/mol. The number of hydrogen-bond acceptors (Lipinski definition) is 0. The lowest BCUT2D eigenvalue weighted by atomic mass is 9.98. The van der Waals surface area contributed by atoms with Gasteiger partial charge in [0, 0.05) is 29.0 Å². The van der Waals surface area contributed by atoms with Gasteiger partial charge >= 0.3 is 7.98 Å². The van der Waals surface area contributed by atoms with Gasteiger partial charge in [-0.2, -0.15) is 0 Å². The van der Waals surface area contributed by atoms with Crippen molar-refractivity contribution >= 4 is 35.7 Å². The second-order valence-electron chi connectivity index (χ2n) is 7.15. The first-order chi connectivity index (χ1) is 11.9. The predicted octanol–water partition coefficient (Wildman–Crippen LogP) is 4.90. The van der Waals surface area contributed by atoms with Crippen molar-refractivity contribution in [1.82, 2.24) is 4.98 Å². The summed E-state index contributed by atoms with van der Waals surface area (Å²) in [7, 11) is 6.46. The number of allylic oxidation sites excluding steroid dienone is 1. The van der Waals surface area contributed by atoms with Crippen LogP contribution in [0.15, 0.2) is 36.4 Å². The zero-order valence-electron chi connectivity index (χ0n) is 15.5. The van der Waals surface area contributed by atoms with E-state index in [1.165, 1.54) is 44.3 Å². The van der Waals surface area contributed by atoms with Crippen molar-refractivity contribution in [1.29, 1.82) is 0 Å². The van der Waals surface area contributed by atoms with E-state index in [1.807, 2.05) is 4.49 Å². The summed E-state index contributed by atoms with van der Waals surface area (Å²) in [6.07, 6.45) is 0. The second-order valence-corrected chi connectivity index (χ2v) is 7.15. The Balaban J connectivity index is 2.02. The summed E-state index contributed by atoms with van der Waals surface area (Å²) >= 11 is 0. The van der Waals surface area contributed by atoms with Gasteiger partial charge in [-0.3, -0.25) is 4.49 Å². The van der Waals surface area contributed by atoms with Gasteiger partial charge in [0.2, 0.25) is 0 Å². The normalized spacial score (nSPS) is 15.9. The summed E-state index contributed by atoms with van der Waals surface area (Å²) in [6, 6.07) is 13.2. The van der Waals surface area contributed by atoms with E-state index in [2.05, 4.69) is 76.0 Å². The number of aryl methyl sites for hydroxylation is 3. The molecule has 1 aliphatic heterocycles. The van der Waals surface area contributed by atoms with Gasteiger partial charge in [-0.15, -0.1) is 0 Å². The summed E-state index contributed by atoms with van der Waals surface area (Å²) in [5.74, 6) is 0. The van der Waals surface area contributed by atoms with Crippen LogP contribution in [0.25, 0.3) is 22.0 Å². The Morgan fingerprint density at radius 3 is 2.32 bits per heavy atom. The Morgan fingerprint density at radius 1 is 0.880 bits per heavy atom. The van der Waals surface area contributed by atoms with Gasteiger partial charge in [0.1, 0.15) is 0 Å². The molecule has 2 heterocycles. The molecule has 0 spiro atoms. The van der Waals surface area contributed by atoms with Crippen LogP contribution in [-0.2, 0) is 0 Å². The van der Waals surface area contributed by atoms with Crippen molar-refractivity contribution in [3.63, 3.8) is 0 Å². The van der Waals surface area contributed by atoms with Gasteiger partial charge in [0.05, 0.1) is 16.8 Å². The molecule has 1 aliphatic rings. The quantitative estimate of drug-likeness (QED) is 0.614.